The third-order valence-corrected chi connectivity index (χ3v) is 3.57. The van der Waals surface area contributed by atoms with Gasteiger partial charge in [0.05, 0.1) is 19.3 Å². The third kappa shape index (κ3) is 2.28. The Hall–Kier alpha value is -1.13. The van der Waals surface area contributed by atoms with Crippen LogP contribution in [0.15, 0.2) is 18.2 Å². The Labute approximate surface area is 100 Å². The van der Waals surface area contributed by atoms with E-state index in [0.717, 1.165) is 19.3 Å². The molecule has 1 fully saturated rings. The highest BCUT2D eigenvalue weighted by Gasteiger charge is 2.32. The minimum absolute atomic E-state index is 0.166. The van der Waals surface area contributed by atoms with Gasteiger partial charge in [0.1, 0.15) is 0 Å². The summed E-state index contributed by atoms with van der Waals surface area (Å²) in [5, 5.41) is 10.0. The molecule has 1 aliphatic carbocycles. The predicted octanol–water partition coefficient (Wildman–Crippen LogP) is 2.00. The van der Waals surface area contributed by atoms with E-state index in [9.17, 15) is 9.50 Å². The van der Waals surface area contributed by atoms with Gasteiger partial charge < -0.3 is 15.6 Å². The van der Waals surface area contributed by atoms with Gasteiger partial charge in [0, 0.05) is 5.56 Å². The Morgan fingerprint density at radius 1 is 1.47 bits per heavy atom. The van der Waals surface area contributed by atoms with Crippen LogP contribution in [0.5, 0.6) is 5.75 Å². The van der Waals surface area contributed by atoms with E-state index in [1.165, 1.54) is 7.11 Å². The Bertz CT molecular complexity index is 393. The molecule has 3 N–H and O–H groups in total. The normalized spacial score (nSPS) is 19.5. The number of aliphatic hydroxyl groups excluding tert-OH is 1. The molecule has 2 rings (SSSR count). The zero-order chi connectivity index (χ0) is 12.4. The van der Waals surface area contributed by atoms with Crippen molar-refractivity contribution >= 4 is 0 Å². The largest absolute Gasteiger partial charge is 0.494 e. The van der Waals surface area contributed by atoms with E-state index in [1.54, 1.807) is 18.2 Å². The lowest BCUT2D eigenvalue weighted by Crippen LogP contribution is -2.36. The molecule has 0 radical (unpaired) electrons. The molecule has 1 aromatic carbocycles. The van der Waals surface area contributed by atoms with Crippen LogP contribution in [-0.2, 0) is 0 Å². The van der Waals surface area contributed by atoms with Gasteiger partial charge in [0.15, 0.2) is 11.6 Å². The molecular formula is C13H18FNO2. The average Bonchev–Trinajstić information content (AvgIpc) is 2.26. The number of nitrogens with two attached hydrogens (primary N) is 1. The van der Waals surface area contributed by atoms with Crippen LogP contribution in [-0.4, -0.2) is 18.3 Å². The fourth-order valence-electron chi connectivity index (χ4n) is 2.20. The summed E-state index contributed by atoms with van der Waals surface area (Å²) in [5.74, 6) is -0.102. The molecule has 0 heterocycles. The summed E-state index contributed by atoms with van der Waals surface area (Å²) >= 11 is 0. The molecule has 0 unspecified atom stereocenters. The molecule has 0 aromatic heterocycles. The van der Waals surface area contributed by atoms with E-state index in [1.807, 2.05) is 0 Å². The number of benzene rings is 1. The third-order valence-electron chi connectivity index (χ3n) is 3.57. The first kappa shape index (κ1) is 12.3. The number of methoxy groups -OCH3 is 1. The molecule has 1 aliphatic rings. The smallest absolute Gasteiger partial charge is 0.169 e. The fraction of sp³-hybridized carbons (Fsp3) is 0.538. The van der Waals surface area contributed by atoms with E-state index in [-0.39, 0.29) is 11.7 Å². The van der Waals surface area contributed by atoms with Crippen molar-refractivity contribution in [2.75, 3.05) is 7.11 Å². The zero-order valence-corrected chi connectivity index (χ0v) is 9.90. The first-order valence-corrected chi connectivity index (χ1v) is 5.91. The molecule has 0 spiro atoms. The Kier molecular flexibility index (Phi) is 3.64. The summed E-state index contributed by atoms with van der Waals surface area (Å²) in [4.78, 5) is 0. The molecule has 1 aromatic rings. The van der Waals surface area contributed by atoms with Crippen LogP contribution in [0.2, 0.25) is 0 Å². The SMILES string of the molecule is COc1cccc([C@H](N)[C@H](O)C2CCC2)c1F. The maximum atomic E-state index is 14.0. The summed E-state index contributed by atoms with van der Waals surface area (Å²) in [7, 11) is 1.41. The van der Waals surface area contributed by atoms with Gasteiger partial charge in [-0.15, -0.1) is 0 Å². The highest BCUT2D eigenvalue weighted by molar-refractivity contribution is 5.33. The van der Waals surface area contributed by atoms with E-state index >= 15 is 0 Å². The molecule has 0 bridgehead atoms. The van der Waals surface area contributed by atoms with Gasteiger partial charge in [0.25, 0.3) is 0 Å². The van der Waals surface area contributed by atoms with Crippen molar-refractivity contribution in [2.24, 2.45) is 11.7 Å². The molecular weight excluding hydrogens is 221 g/mol. The van der Waals surface area contributed by atoms with Gasteiger partial charge in [-0.25, -0.2) is 4.39 Å². The Balaban J connectivity index is 2.20. The second kappa shape index (κ2) is 5.02. The Morgan fingerprint density at radius 2 is 2.18 bits per heavy atom. The number of hydrogen-bond donors (Lipinski definition) is 2. The van der Waals surface area contributed by atoms with E-state index < -0.39 is 18.0 Å². The minimum atomic E-state index is -0.685. The number of rotatable bonds is 4. The van der Waals surface area contributed by atoms with Crippen LogP contribution >= 0.6 is 0 Å². The molecule has 0 aliphatic heterocycles. The minimum Gasteiger partial charge on any atom is -0.494 e. The monoisotopic (exact) mass is 239 g/mol. The van der Waals surface area contributed by atoms with Gasteiger partial charge >= 0.3 is 0 Å². The van der Waals surface area contributed by atoms with Crippen molar-refractivity contribution in [3.63, 3.8) is 0 Å². The summed E-state index contributed by atoms with van der Waals surface area (Å²) in [6, 6.07) is 4.14. The van der Waals surface area contributed by atoms with Gasteiger partial charge in [-0.1, -0.05) is 18.6 Å². The average molecular weight is 239 g/mol. The number of halogens is 1. The lowest BCUT2D eigenvalue weighted by atomic mass is 9.77. The lowest BCUT2D eigenvalue weighted by Gasteiger charge is -2.34. The van der Waals surface area contributed by atoms with Gasteiger partial charge in [-0.2, -0.15) is 0 Å². The second-order valence-electron chi connectivity index (χ2n) is 4.57. The van der Waals surface area contributed by atoms with Gasteiger partial charge in [0.2, 0.25) is 0 Å². The van der Waals surface area contributed by atoms with Crippen molar-refractivity contribution in [1.29, 1.82) is 0 Å². The number of ether oxygens (including phenoxy) is 1. The molecule has 1 saturated carbocycles. The standard InChI is InChI=1S/C13H18FNO2/c1-17-10-7-3-6-9(11(10)14)12(15)13(16)8-4-2-5-8/h3,6-8,12-13,16H,2,4-5,15H2,1H3/t12-,13+/m0/s1. The molecule has 4 heteroatoms. The summed E-state index contributed by atoms with van der Waals surface area (Å²) in [6.45, 7) is 0. The first-order chi connectivity index (χ1) is 8.15. The van der Waals surface area contributed by atoms with Crippen molar-refractivity contribution < 1.29 is 14.2 Å². The van der Waals surface area contributed by atoms with Crippen LogP contribution in [0.4, 0.5) is 4.39 Å². The van der Waals surface area contributed by atoms with Gasteiger partial charge in [-0.3, -0.25) is 0 Å². The maximum Gasteiger partial charge on any atom is 0.169 e. The molecule has 94 valence electrons. The quantitative estimate of drug-likeness (QED) is 0.845. The molecule has 17 heavy (non-hydrogen) atoms. The van der Waals surface area contributed by atoms with E-state index in [0.29, 0.717) is 5.56 Å². The molecule has 0 saturated heterocycles. The number of aliphatic hydroxyl groups is 1. The second-order valence-corrected chi connectivity index (χ2v) is 4.57. The van der Waals surface area contributed by atoms with E-state index in [2.05, 4.69) is 0 Å². The van der Waals surface area contributed by atoms with Crippen molar-refractivity contribution in [3.05, 3.63) is 29.6 Å². The molecule has 2 atom stereocenters. The fourth-order valence-corrected chi connectivity index (χ4v) is 2.20. The van der Waals surface area contributed by atoms with Crippen LogP contribution in [0.3, 0.4) is 0 Å². The first-order valence-electron chi connectivity index (χ1n) is 5.91. The van der Waals surface area contributed by atoms with E-state index in [4.69, 9.17) is 10.5 Å². The predicted molar refractivity (Wildman–Crippen MR) is 63.2 cm³/mol. The highest BCUT2D eigenvalue weighted by Crippen LogP contribution is 2.35. The molecule has 3 nitrogen and oxygen atoms in total. The van der Waals surface area contributed by atoms with Crippen LogP contribution in [0.25, 0.3) is 0 Å². The number of hydrogen-bond acceptors (Lipinski definition) is 3. The topological polar surface area (TPSA) is 55.5 Å². The highest BCUT2D eigenvalue weighted by atomic mass is 19.1. The summed E-state index contributed by atoms with van der Waals surface area (Å²) in [5.41, 5.74) is 6.25. The lowest BCUT2D eigenvalue weighted by molar-refractivity contribution is 0.0404. The summed E-state index contributed by atoms with van der Waals surface area (Å²) < 4.78 is 18.9. The van der Waals surface area contributed by atoms with Crippen LogP contribution in [0, 0.1) is 11.7 Å². The van der Waals surface area contributed by atoms with Crippen molar-refractivity contribution in [3.8, 4) is 5.75 Å². The Morgan fingerprint density at radius 3 is 2.71 bits per heavy atom. The van der Waals surface area contributed by atoms with Crippen LogP contribution in [0.1, 0.15) is 30.9 Å². The molecule has 0 amide bonds. The summed E-state index contributed by atoms with van der Waals surface area (Å²) in [6.07, 6.45) is 2.39. The van der Waals surface area contributed by atoms with Crippen LogP contribution < -0.4 is 10.5 Å². The maximum absolute atomic E-state index is 14.0. The van der Waals surface area contributed by atoms with Crippen molar-refractivity contribution in [2.45, 2.75) is 31.4 Å². The van der Waals surface area contributed by atoms with Crippen molar-refractivity contribution in [1.82, 2.24) is 0 Å². The van der Waals surface area contributed by atoms with Gasteiger partial charge in [-0.05, 0) is 24.8 Å². The zero-order valence-electron chi connectivity index (χ0n) is 9.90.